The summed E-state index contributed by atoms with van der Waals surface area (Å²) in [6, 6.07) is -0.537. The Morgan fingerprint density at radius 3 is 2.72 bits per heavy atom. The van der Waals surface area contributed by atoms with Gasteiger partial charge >= 0.3 is 0 Å². The van der Waals surface area contributed by atoms with Crippen molar-refractivity contribution in [2.24, 2.45) is 0 Å². The molecule has 0 aromatic carbocycles. The van der Waals surface area contributed by atoms with Crippen LogP contribution in [0.25, 0.3) is 0 Å². The third-order valence-electron chi connectivity index (χ3n) is 3.03. The zero-order valence-electron chi connectivity index (χ0n) is 11.3. The third-order valence-corrected chi connectivity index (χ3v) is 3.76. The van der Waals surface area contributed by atoms with Gasteiger partial charge < -0.3 is 14.7 Å². The number of ether oxygens (including phenoxy) is 1. The van der Waals surface area contributed by atoms with Crippen molar-refractivity contribution in [3.8, 4) is 0 Å². The summed E-state index contributed by atoms with van der Waals surface area (Å²) in [5, 5.41) is 10.0. The van der Waals surface area contributed by atoms with E-state index in [1.54, 1.807) is 0 Å². The Kier molecular flexibility index (Phi) is 6.00. The molecule has 108 valence electrons. The van der Waals surface area contributed by atoms with E-state index in [1.807, 2.05) is 7.05 Å². The van der Waals surface area contributed by atoms with Gasteiger partial charge in [0, 0.05) is 6.54 Å². The molecule has 0 saturated carbocycles. The second-order valence-electron chi connectivity index (χ2n) is 4.97. The van der Waals surface area contributed by atoms with Crippen LogP contribution in [0, 0.1) is 0 Å². The first-order valence-corrected chi connectivity index (χ1v) is 8.18. The van der Waals surface area contributed by atoms with E-state index in [0.29, 0.717) is 6.54 Å². The molecular weight excluding hydrogens is 256 g/mol. The van der Waals surface area contributed by atoms with E-state index >= 15 is 0 Å². The number of nitrogens with one attached hydrogen (secondary N) is 1. The lowest BCUT2D eigenvalue weighted by atomic mass is 10.1. The second-order valence-corrected chi connectivity index (χ2v) is 6.75. The number of hydrogen-bond acceptors (Lipinski definition) is 5. The quantitative estimate of drug-likeness (QED) is 0.651. The van der Waals surface area contributed by atoms with Crippen molar-refractivity contribution >= 4 is 10.0 Å². The molecule has 0 unspecified atom stereocenters. The van der Waals surface area contributed by atoms with Crippen molar-refractivity contribution in [2.45, 2.75) is 38.0 Å². The number of sulfonamides is 1. The van der Waals surface area contributed by atoms with Gasteiger partial charge in [0.05, 0.1) is 31.1 Å². The summed E-state index contributed by atoms with van der Waals surface area (Å²) in [6.07, 6.45) is 2.19. The molecule has 0 spiro atoms. The third kappa shape index (κ3) is 5.19. The van der Waals surface area contributed by atoms with E-state index < -0.39 is 22.2 Å². The lowest BCUT2D eigenvalue weighted by Gasteiger charge is -2.23. The first-order chi connectivity index (χ1) is 8.33. The number of unbranched alkanes of at least 4 members (excludes halogenated alkanes) is 1. The van der Waals surface area contributed by atoms with E-state index in [9.17, 15) is 13.5 Å². The van der Waals surface area contributed by atoms with Gasteiger partial charge in [0.2, 0.25) is 10.0 Å². The van der Waals surface area contributed by atoms with Crippen molar-refractivity contribution in [3.63, 3.8) is 0 Å². The minimum atomic E-state index is -3.31. The molecule has 1 rings (SSSR count). The van der Waals surface area contributed by atoms with Crippen LogP contribution in [-0.2, 0) is 14.8 Å². The molecule has 1 fully saturated rings. The Labute approximate surface area is 109 Å². The minimum absolute atomic E-state index is 0.223. The van der Waals surface area contributed by atoms with Crippen LogP contribution in [0.5, 0.6) is 0 Å². The molecular formula is C11H24N2O4S. The van der Waals surface area contributed by atoms with Gasteiger partial charge in [0.15, 0.2) is 0 Å². The van der Waals surface area contributed by atoms with Crippen molar-refractivity contribution < 1.29 is 18.3 Å². The summed E-state index contributed by atoms with van der Waals surface area (Å²) in [4.78, 5) is 2.10. The molecule has 3 atom stereocenters. The highest BCUT2D eigenvalue weighted by Crippen LogP contribution is 2.16. The number of rotatable bonds is 7. The summed E-state index contributed by atoms with van der Waals surface area (Å²) in [7, 11) is -1.33. The van der Waals surface area contributed by atoms with Gasteiger partial charge in [0.25, 0.3) is 0 Å². The van der Waals surface area contributed by atoms with Gasteiger partial charge in [-0.2, -0.15) is 0 Å². The maximum absolute atomic E-state index is 11.1. The van der Waals surface area contributed by atoms with E-state index in [-0.39, 0.29) is 12.7 Å². The lowest BCUT2D eigenvalue weighted by molar-refractivity contribution is 0.0203. The van der Waals surface area contributed by atoms with Crippen LogP contribution >= 0.6 is 0 Å². The zero-order chi connectivity index (χ0) is 13.8. The first kappa shape index (κ1) is 15.8. The van der Waals surface area contributed by atoms with E-state index in [2.05, 4.69) is 16.5 Å². The maximum atomic E-state index is 11.1. The van der Waals surface area contributed by atoms with Gasteiger partial charge in [-0.15, -0.1) is 0 Å². The summed E-state index contributed by atoms with van der Waals surface area (Å²) < 4.78 is 30.1. The Morgan fingerprint density at radius 2 is 2.17 bits per heavy atom. The molecule has 0 aromatic rings. The highest BCUT2D eigenvalue weighted by molar-refractivity contribution is 7.88. The van der Waals surface area contributed by atoms with Gasteiger partial charge in [0.1, 0.15) is 0 Å². The van der Waals surface area contributed by atoms with Crippen LogP contribution in [0.1, 0.15) is 19.8 Å². The Morgan fingerprint density at radius 1 is 1.50 bits per heavy atom. The SMILES string of the molecule is CCCCN(C)C[C@@H]1OC[C@H](NS(C)(=O)=O)[C@H]1O. The fourth-order valence-corrected chi connectivity index (χ4v) is 2.81. The van der Waals surface area contributed by atoms with Crippen molar-refractivity contribution in [3.05, 3.63) is 0 Å². The molecule has 6 nitrogen and oxygen atoms in total. The fourth-order valence-electron chi connectivity index (χ4n) is 2.05. The van der Waals surface area contributed by atoms with E-state index in [1.165, 1.54) is 0 Å². The molecule has 7 heteroatoms. The standard InChI is InChI=1S/C11H24N2O4S/c1-4-5-6-13(2)7-10-11(14)9(8-17-10)12-18(3,15)16/h9-12,14H,4-8H2,1-3H3/t9-,10-,11+/m0/s1. The van der Waals surface area contributed by atoms with Crippen LogP contribution in [0.4, 0.5) is 0 Å². The molecule has 0 radical (unpaired) electrons. The Balaban J connectivity index is 2.42. The number of nitrogens with zero attached hydrogens (tertiary/aromatic N) is 1. The van der Waals surface area contributed by atoms with Crippen LogP contribution in [0.2, 0.25) is 0 Å². The molecule has 0 bridgehead atoms. The number of aliphatic hydroxyl groups is 1. The molecule has 0 aliphatic carbocycles. The molecule has 1 aliphatic rings. The first-order valence-electron chi connectivity index (χ1n) is 6.29. The molecule has 1 saturated heterocycles. The van der Waals surface area contributed by atoms with Crippen molar-refractivity contribution in [1.82, 2.24) is 9.62 Å². The van der Waals surface area contributed by atoms with Gasteiger partial charge in [-0.25, -0.2) is 13.1 Å². The number of hydrogen-bond donors (Lipinski definition) is 2. The minimum Gasteiger partial charge on any atom is -0.389 e. The molecule has 1 aliphatic heterocycles. The van der Waals surface area contributed by atoms with Crippen LogP contribution < -0.4 is 4.72 Å². The number of aliphatic hydroxyl groups excluding tert-OH is 1. The Bertz CT molecular complexity index is 347. The summed E-state index contributed by atoms with van der Waals surface area (Å²) in [5.41, 5.74) is 0. The highest BCUT2D eigenvalue weighted by Gasteiger charge is 2.37. The molecule has 2 N–H and O–H groups in total. The van der Waals surface area contributed by atoms with Crippen LogP contribution in [-0.4, -0.2) is 69.7 Å². The summed E-state index contributed by atoms with van der Waals surface area (Å²) in [5.74, 6) is 0. The Hall–Kier alpha value is -0.210. The van der Waals surface area contributed by atoms with Gasteiger partial charge in [-0.1, -0.05) is 13.3 Å². The van der Waals surface area contributed by atoms with Crippen LogP contribution in [0.15, 0.2) is 0 Å². The van der Waals surface area contributed by atoms with E-state index in [0.717, 1.165) is 25.6 Å². The van der Waals surface area contributed by atoms with Gasteiger partial charge in [-0.3, -0.25) is 0 Å². The predicted molar refractivity (Wildman–Crippen MR) is 69.9 cm³/mol. The fraction of sp³-hybridized carbons (Fsp3) is 1.00. The summed E-state index contributed by atoms with van der Waals surface area (Å²) in [6.45, 7) is 3.91. The van der Waals surface area contributed by atoms with Crippen molar-refractivity contribution in [1.29, 1.82) is 0 Å². The largest absolute Gasteiger partial charge is 0.389 e. The highest BCUT2D eigenvalue weighted by atomic mass is 32.2. The number of likely N-dealkylation sites (N-methyl/N-ethyl adjacent to an activating group) is 1. The van der Waals surface area contributed by atoms with Crippen LogP contribution in [0.3, 0.4) is 0 Å². The van der Waals surface area contributed by atoms with Gasteiger partial charge in [-0.05, 0) is 20.0 Å². The maximum Gasteiger partial charge on any atom is 0.209 e. The molecule has 18 heavy (non-hydrogen) atoms. The average molecular weight is 280 g/mol. The average Bonchev–Trinajstić information content (AvgIpc) is 2.57. The monoisotopic (exact) mass is 280 g/mol. The zero-order valence-corrected chi connectivity index (χ0v) is 12.1. The molecule has 0 aromatic heterocycles. The van der Waals surface area contributed by atoms with Crippen molar-refractivity contribution in [2.75, 3.05) is 33.0 Å². The molecule has 1 heterocycles. The lowest BCUT2D eigenvalue weighted by Crippen LogP contribution is -2.46. The van der Waals surface area contributed by atoms with E-state index in [4.69, 9.17) is 4.74 Å². The normalized spacial score (nSPS) is 29.1. The summed E-state index contributed by atoms with van der Waals surface area (Å²) >= 11 is 0. The second kappa shape index (κ2) is 6.81. The predicted octanol–water partition coefficient (Wildman–Crippen LogP) is -0.604. The topological polar surface area (TPSA) is 78.9 Å². The molecule has 0 amide bonds. The smallest absolute Gasteiger partial charge is 0.209 e.